The summed E-state index contributed by atoms with van der Waals surface area (Å²) in [5.41, 5.74) is 0.567. The van der Waals surface area contributed by atoms with Crippen LogP contribution in [-0.4, -0.2) is 18.3 Å². The predicted octanol–water partition coefficient (Wildman–Crippen LogP) is 2.88. The fraction of sp³-hybridized carbons (Fsp3) is 0.429. The molecule has 2 nitrogen and oxygen atoms in total. The van der Waals surface area contributed by atoms with E-state index in [2.05, 4.69) is 27.7 Å². The van der Waals surface area contributed by atoms with Crippen LogP contribution in [0.5, 0.6) is 0 Å². The zero-order valence-corrected chi connectivity index (χ0v) is 15.2. The largest absolute Gasteiger partial charge is 0.494 e. The number of benzene rings is 1. The van der Waals surface area contributed by atoms with Crippen molar-refractivity contribution in [2.45, 2.75) is 38.9 Å². The Morgan fingerprint density at radius 3 is 1.61 bits per heavy atom. The Kier molecular flexibility index (Phi) is 8.23. The Hall–Kier alpha value is 0.309. The molecule has 1 fully saturated rings. The molecule has 0 amide bonds. The van der Waals surface area contributed by atoms with Crippen LogP contribution in [0.2, 0.25) is 0 Å². The van der Waals surface area contributed by atoms with Gasteiger partial charge in [-0.2, -0.15) is 0 Å². The van der Waals surface area contributed by atoms with Crippen molar-refractivity contribution in [3.63, 3.8) is 0 Å². The topological polar surface area (TPSA) is 18.5 Å². The van der Waals surface area contributed by atoms with E-state index in [0.717, 1.165) is 5.46 Å². The molecule has 0 atom stereocenters. The van der Waals surface area contributed by atoms with Crippen molar-refractivity contribution in [2.24, 2.45) is 0 Å². The summed E-state index contributed by atoms with van der Waals surface area (Å²) < 4.78 is 11.9. The first kappa shape index (κ1) is 20.6. The molecule has 0 aliphatic carbocycles. The molecule has 18 heavy (non-hydrogen) atoms. The van der Waals surface area contributed by atoms with E-state index in [1.165, 1.54) is 0 Å². The normalized spacial score (nSPS) is 19.2. The van der Waals surface area contributed by atoms with E-state index in [-0.39, 0.29) is 65.9 Å². The molecule has 0 saturated carbocycles. The maximum absolute atomic E-state index is 5.93. The van der Waals surface area contributed by atoms with Gasteiger partial charge in [-0.15, -0.1) is 0 Å². The number of hydrogen-bond donors (Lipinski definition) is 0. The first-order chi connectivity index (χ1) is 6.92. The van der Waals surface area contributed by atoms with Gasteiger partial charge in [-0.05, 0) is 33.2 Å². The first-order valence-corrected chi connectivity index (χ1v) is 5.33. The van der Waals surface area contributed by atoms with Crippen LogP contribution in [0.15, 0.2) is 30.3 Å². The summed E-state index contributed by atoms with van der Waals surface area (Å²) in [5, 5.41) is 0. The Labute approximate surface area is 138 Å². The Morgan fingerprint density at radius 2 is 1.22 bits per heavy atom. The fourth-order valence-electron chi connectivity index (χ4n) is 1.59. The standard InChI is InChI=1S/C12H17BO2.2CH3.Y/c1-11(2)12(3,4)15-13(14-11)10-8-6-5-7-9-10;;;/h5-9H,1-4H3;2*1H3;/q;2*-1;. The minimum absolute atomic E-state index is 0. The summed E-state index contributed by atoms with van der Waals surface area (Å²) in [5.74, 6) is 0. The SMILES string of the molecule is CC1(C)OB(c2ccccc2)OC1(C)C.[CH3-].[CH3-].[Y]. The maximum Gasteiger partial charge on any atom is 0.494 e. The number of rotatable bonds is 1. The molecule has 1 radical (unpaired) electrons. The van der Waals surface area contributed by atoms with Crippen molar-refractivity contribution < 1.29 is 42.0 Å². The van der Waals surface area contributed by atoms with Gasteiger partial charge in [0.05, 0.1) is 11.2 Å². The average Bonchev–Trinajstić information content (AvgIpc) is 2.38. The van der Waals surface area contributed by atoms with Crippen molar-refractivity contribution in [3.05, 3.63) is 45.2 Å². The minimum Gasteiger partial charge on any atom is -0.399 e. The van der Waals surface area contributed by atoms with Gasteiger partial charge in [0.15, 0.2) is 0 Å². The van der Waals surface area contributed by atoms with Gasteiger partial charge in [0.2, 0.25) is 0 Å². The number of hydrogen-bond acceptors (Lipinski definition) is 2. The zero-order chi connectivity index (χ0) is 11.1. The second-order valence-electron chi connectivity index (χ2n) is 5.00. The van der Waals surface area contributed by atoms with Crippen molar-refractivity contribution in [3.8, 4) is 0 Å². The van der Waals surface area contributed by atoms with Crippen LogP contribution in [0.1, 0.15) is 27.7 Å². The van der Waals surface area contributed by atoms with Gasteiger partial charge in [-0.25, -0.2) is 0 Å². The first-order valence-electron chi connectivity index (χ1n) is 5.33. The molecule has 1 saturated heterocycles. The van der Waals surface area contributed by atoms with Crippen LogP contribution in [0.3, 0.4) is 0 Å². The van der Waals surface area contributed by atoms with Gasteiger partial charge in [-0.3, -0.25) is 0 Å². The van der Waals surface area contributed by atoms with Crippen LogP contribution in [0.25, 0.3) is 0 Å². The van der Waals surface area contributed by atoms with Gasteiger partial charge in [-0.1, -0.05) is 30.3 Å². The van der Waals surface area contributed by atoms with Crippen molar-refractivity contribution in [2.75, 3.05) is 0 Å². The molecule has 1 aliphatic heterocycles. The minimum atomic E-state index is -0.256. The molecule has 1 aromatic rings. The average molecular weight is 323 g/mol. The predicted molar refractivity (Wildman–Crippen MR) is 75.0 cm³/mol. The van der Waals surface area contributed by atoms with E-state index in [9.17, 15) is 0 Å². The monoisotopic (exact) mass is 323 g/mol. The molecular formula is C14H23BO2Y-2. The summed E-state index contributed by atoms with van der Waals surface area (Å²) in [6.45, 7) is 8.26. The van der Waals surface area contributed by atoms with E-state index in [0.29, 0.717) is 0 Å². The van der Waals surface area contributed by atoms with Gasteiger partial charge >= 0.3 is 7.12 Å². The smallest absolute Gasteiger partial charge is 0.399 e. The Bertz CT molecular complexity index is 336. The second kappa shape index (κ2) is 7.19. The fourth-order valence-corrected chi connectivity index (χ4v) is 1.59. The molecule has 0 bridgehead atoms. The summed E-state index contributed by atoms with van der Waals surface area (Å²) in [6, 6.07) is 10.1. The van der Waals surface area contributed by atoms with Crippen molar-refractivity contribution in [1.29, 1.82) is 0 Å². The van der Waals surface area contributed by atoms with Crippen LogP contribution in [0.4, 0.5) is 0 Å². The summed E-state index contributed by atoms with van der Waals surface area (Å²) in [6.07, 6.45) is 0. The third kappa shape index (κ3) is 3.90. The van der Waals surface area contributed by atoms with Crippen LogP contribution in [0, 0.1) is 14.9 Å². The molecule has 4 heteroatoms. The third-order valence-electron chi connectivity index (χ3n) is 3.32. The third-order valence-corrected chi connectivity index (χ3v) is 3.32. The molecule has 1 aliphatic rings. The molecule has 0 spiro atoms. The maximum atomic E-state index is 5.93. The van der Waals surface area contributed by atoms with Gasteiger partial charge < -0.3 is 24.2 Å². The quantitative estimate of drug-likeness (QED) is 0.584. The molecule has 0 unspecified atom stereocenters. The molecular weight excluding hydrogens is 300 g/mol. The van der Waals surface area contributed by atoms with Crippen LogP contribution >= 0.6 is 0 Å². The Morgan fingerprint density at radius 1 is 0.833 bits per heavy atom. The van der Waals surface area contributed by atoms with Crippen LogP contribution < -0.4 is 5.46 Å². The van der Waals surface area contributed by atoms with E-state index in [1.54, 1.807) is 0 Å². The molecule has 2 rings (SSSR count). The van der Waals surface area contributed by atoms with Gasteiger partial charge in [0.1, 0.15) is 0 Å². The van der Waals surface area contributed by atoms with Gasteiger partial charge in [0.25, 0.3) is 0 Å². The Balaban J connectivity index is 0. The van der Waals surface area contributed by atoms with Gasteiger partial charge in [0, 0.05) is 32.7 Å². The molecule has 1 aromatic carbocycles. The van der Waals surface area contributed by atoms with E-state index < -0.39 is 0 Å². The summed E-state index contributed by atoms with van der Waals surface area (Å²) >= 11 is 0. The molecule has 0 aromatic heterocycles. The molecule has 1 heterocycles. The zero-order valence-electron chi connectivity index (χ0n) is 12.4. The van der Waals surface area contributed by atoms with Crippen molar-refractivity contribution >= 4 is 12.6 Å². The summed E-state index contributed by atoms with van der Waals surface area (Å²) in [7, 11) is -0.240. The molecule has 99 valence electrons. The van der Waals surface area contributed by atoms with E-state index >= 15 is 0 Å². The van der Waals surface area contributed by atoms with Crippen LogP contribution in [-0.2, 0) is 42.0 Å². The molecule has 0 N–H and O–H groups in total. The second-order valence-corrected chi connectivity index (χ2v) is 5.00. The van der Waals surface area contributed by atoms with E-state index in [4.69, 9.17) is 9.31 Å². The van der Waals surface area contributed by atoms with Crippen molar-refractivity contribution in [1.82, 2.24) is 0 Å². The van der Waals surface area contributed by atoms with E-state index in [1.807, 2.05) is 30.3 Å². The summed E-state index contributed by atoms with van der Waals surface area (Å²) in [4.78, 5) is 0.